The maximum Gasteiger partial charge on any atom is 0.417 e. The Balaban J connectivity index is 1.61. The Labute approximate surface area is 288 Å². The number of ether oxygens (including phenoxy) is 2. The highest BCUT2D eigenvalue weighted by molar-refractivity contribution is 6.29. The van der Waals surface area contributed by atoms with E-state index in [1.54, 1.807) is 56.3 Å². The Morgan fingerprint density at radius 2 is 1.42 bits per heavy atom. The number of aliphatic carboxylic acids is 1. The lowest BCUT2D eigenvalue weighted by Crippen LogP contribution is -2.55. The molecule has 0 unspecified atom stereocenters. The molecule has 5 amide bonds. The van der Waals surface area contributed by atoms with Crippen LogP contribution in [0, 0.1) is 5.92 Å². The summed E-state index contributed by atoms with van der Waals surface area (Å²) in [5.41, 5.74) is 2.18. The van der Waals surface area contributed by atoms with Crippen LogP contribution >= 0.6 is 0 Å². The normalized spacial score (nSPS) is 13.4. The fraction of sp³-hybridized carbons (Fsp3) is 0.371. The lowest BCUT2D eigenvalue weighted by atomic mass is 10.0. The van der Waals surface area contributed by atoms with Crippen LogP contribution < -0.4 is 16.0 Å². The zero-order chi connectivity index (χ0) is 36.8. The molecule has 0 saturated heterocycles. The number of carbonyl (C=O) groups is 8. The maximum atomic E-state index is 13.1. The first-order chi connectivity index (χ1) is 23.7. The Kier molecular flexibility index (Phi) is 14.4. The van der Waals surface area contributed by atoms with Gasteiger partial charge in [-0.25, -0.2) is 9.59 Å². The third-order valence-electron chi connectivity index (χ3n) is 7.52. The number of esters is 2. The number of nitrogens with zero attached hydrogens (tertiary/aromatic N) is 1. The van der Waals surface area contributed by atoms with Gasteiger partial charge in [-0.15, -0.1) is 0 Å². The highest BCUT2D eigenvalue weighted by Crippen LogP contribution is 2.20. The molecule has 4 N–H and O–H groups in total. The molecule has 0 spiro atoms. The SMILES string of the molecule is CC(C)[C@H](NC(=O)CN1C(=O)C=CC1=O)C(=O)N[C@@H](C)C(=O)Nc1ccc(COC(=O)C(=O)OCc2ccccc2)c(CCCCC(=O)O)c1. The summed E-state index contributed by atoms with van der Waals surface area (Å²) in [4.78, 5) is 98.4. The smallest absolute Gasteiger partial charge is 0.417 e. The van der Waals surface area contributed by atoms with E-state index in [2.05, 4.69) is 16.0 Å². The molecule has 50 heavy (non-hydrogen) atoms. The van der Waals surface area contributed by atoms with E-state index < -0.39 is 72.0 Å². The Morgan fingerprint density at radius 1 is 0.780 bits per heavy atom. The number of benzene rings is 2. The molecular weight excluding hydrogens is 652 g/mol. The van der Waals surface area contributed by atoms with Crippen LogP contribution in [0.4, 0.5) is 5.69 Å². The number of nitrogens with one attached hydrogen (secondary N) is 3. The molecule has 1 aliphatic rings. The standard InChI is InChI=1S/C35H40N4O11/c1-21(2)31(38-27(40)18-39-28(41)15-16-29(39)42)33(46)36-22(3)32(45)37-26-14-13-25(24(17-26)11-7-8-12-30(43)44)20-50-35(48)34(47)49-19-23-9-5-4-6-10-23/h4-6,9-10,13-17,21-22,31H,7-8,11-12,18-20H2,1-3H3,(H,36,46)(H,37,45)(H,38,40)(H,43,44)/t22-,31-/m0/s1. The van der Waals surface area contributed by atoms with Gasteiger partial charge in [0.25, 0.3) is 11.8 Å². The van der Waals surface area contributed by atoms with Crippen LogP contribution in [0.15, 0.2) is 60.7 Å². The summed E-state index contributed by atoms with van der Waals surface area (Å²) in [7, 11) is 0. The van der Waals surface area contributed by atoms with Crippen molar-refractivity contribution in [2.24, 2.45) is 5.92 Å². The van der Waals surface area contributed by atoms with Crippen molar-refractivity contribution in [1.82, 2.24) is 15.5 Å². The zero-order valence-electron chi connectivity index (χ0n) is 27.9. The van der Waals surface area contributed by atoms with Crippen LogP contribution in [0.2, 0.25) is 0 Å². The summed E-state index contributed by atoms with van der Waals surface area (Å²) in [5, 5.41) is 16.8. The molecule has 0 bridgehead atoms. The van der Waals surface area contributed by atoms with Gasteiger partial charge < -0.3 is 30.5 Å². The number of aryl methyl sites for hydroxylation is 1. The predicted molar refractivity (Wildman–Crippen MR) is 177 cm³/mol. The maximum absolute atomic E-state index is 13.1. The summed E-state index contributed by atoms with van der Waals surface area (Å²) in [6.45, 7) is 3.83. The molecule has 2 aromatic rings. The summed E-state index contributed by atoms with van der Waals surface area (Å²) in [5.74, 6) is -6.97. The van der Waals surface area contributed by atoms with Crippen molar-refractivity contribution in [3.63, 3.8) is 0 Å². The summed E-state index contributed by atoms with van der Waals surface area (Å²) >= 11 is 0. The van der Waals surface area contributed by atoms with Crippen molar-refractivity contribution in [2.75, 3.05) is 11.9 Å². The van der Waals surface area contributed by atoms with Gasteiger partial charge in [0.1, 0.15) is 31.8 Å². The quantitative estimate of drug-likeness (QED) is 0.0811. The second-order valence-electron chi connectivity index (χ2n) is 11.8. The van der Waals surface area contributed by atoms with E-state index >= 15 is 0 Å². The van der Waals surface area contributed by atoms with Gasteiger partial charge in [0.15, 0.2) is 0 Å². The van der Waals surface area contributed by atoms with Gasteiger partial charge in [-0.3, -0.25) is 33.7 Å². The van der Waals surface area contributed by atoms with Crippen LogP contribution in [0.25, 0.3) is 0 Å². The largest absolute Gasteiger partial charge is 0.481 e. The average molecular weight is 693 g/mol. The van der Waals surface area contributed by atoms with Gasteiger partial charge >= 0.3 is 17.9 Å². The number of carbonyl (C=O) groups excluding carboxylic acids is 7. The highest BCUT2D eigenvalue weighted by atomic mass is 16.6. The van der Waals surface area contributed by atoms with E-state index in [0.717, 1.165) is 17.1 Å². The van der Waals surface area contributed by atoms with Crippen molar-refractivity contribution < 1.29 is 52.9 Å². The minimum Gasteiger partial charge on any atom is -0.481 e. The van der Waals surface area contributed by atoms with Crippen LogP contribution in [-0.2, 0) is 67.5 Å². The van der Waals surface area contributed by atoms with Crippen molar-refractivity contribution in [2.45, 2.75) is 71.8 Å². The van der Waals surface area contributed by atoms with Gasteiger partial charge in [-0.05, 0) is 60.9 Å². The predicted octanol–water partition coefficient (Wildman–Crippen LogP) is 1.78. The number of carboxylic acid groups (broad SMARTS) is 1. The molecule has 2 aromatic carbocycles. The van der Waals surface area contributed by atoms with E-state index in [1.807, 2.05) is 0 Å². The first-order valence-corrected chi connectivity index (χ1v) is 15.9. The summed E-state index contributed by atoms with van der Waals surface area (Å²) < 4.78 is 10.2. The van der Waals surface area contributed by atoms with Crippen LogP contribution in [0.3, 0.4) is 0 Å². The third kappa shape index (κ3) is 12.0. The Bertz CT molecular complexity index is 1620. The van der Waals surface area contributed by atoms with Crippen LogP contribution in [0.5, 0.6) is 0 Å². The van der Waals surface area contributed by atoms with E-state index in [-0.39, 0.29) is 19.6 Å². The van der Waals surface area contributed by atoms with E-state index in [4.69, 9.17) is 14.6 Å². The number of imide groups is 1. The van der Waals surface area contributed by atoms with Gasteiger partial charge in [-0.2, -0.15) is 0 Å². The van der Waals surface area contributed by atoms with Crippen LogP contribution in [0.1, 0.15) is 56.7 Å². The van der Waals surface area contributed by atoms with Crippen molar-refractivity contribution in [1.29, 1.82) is 0 Å². The molecular formula is C35H40N4O11. The van der Waals surface area contributed by atoms with Gasteiger partial charge in [-0.1, -0.05) is 50.2 Å². The zero-order valence-corrected chi connectivity index (χ0v) is 27.9. The van der Waals surface area contributed by atoms with Crippen molar-refractivity contribution >= 4 is 53.1 Å². The number of hydrogen-bond donors (Lipinski definition) is 4. The van der Waals surface area contributed by atoms with Crippen molar-refractivity contribution in [3.8, 4) is 0 Å². The number of anilines is 1. The summed E-state index contributed by atoms with van der Waals surface area (Å²) in [6, 6.07) is 11.4. The molecule has 0 aliphatic carbocycles. The van der Waals surface area contributed by atoms with E-state index in [9.17, 15) is 38.4 Å². The van der Waals surface area contributed by atoms with E-state index in [1.165, 1.54) is 13.0 Å². The van der Waals surface area contributed by atoms with Crippen molar-refractivity contribution in [3.05, 3.63) is 77.4 Å². The molecule has 1 aliphatic heterocycles. The second kappa shape index (κ2) is 18.6. The molecule has 15 heteroatoms. The van der Waals surface area contributed by atoms with Gasteiger partial charge in [0, 0.05) is 24.3 Å². The molecule has 0 saturated carbocycles. The molecule has 0 fully saturated rings. The number of rotatable bonds is 17. The lowest BCUT2D eigenvalue weighted by molar-refractivity contribution is -0.169. The summed E-state index contributed by atoms with van der Waals surface area (Å²) in [6.07, 6.45) is 3.24. The lowest BCUT2D eigenvalue weighted by Gasteiger charge is -2.24. The number of hydrogen-bond acceptors (Lipinski definition) is 10. The number of amides is 5. The fourth-order valence-electron chi connectivity index (χ4n) is 4.76. The highest BCUT2D eigenvalue weighted by Gasteiger charge is 2.30. The fourth-order valence-corrected chi connectivity index (χ4v) is 4.76. The minimum absolute atomic E-state index is 0.0469. The second-order valence-corrected chi connectivity index (χ2v) is 11.8. The minimum atomic E-state index is -1.19. The third-order valence-corrected chi connectivity index (χ3v) is 7.52. The molecule has 2 atom stereocenters. The molecule has 266 valence electrons. The number of carboxylic acids is 1. The van der Waals surface area contributed by atoms with Gasteiger partial charge in [0.05, 0.1) is 0 Å². The number of unbranched alkanes of at least 4 members (excludes halogenated alkanes) is 1. The molecule has 15 nitrogen and oxygen atoms in total. The molecule has 0 radical (unpaired) electrons. The van der Waals surface area contributed by atoms with E-state index in [0.29, 0.717) is 41.6 Å². The first kappa shape index (κ1) is 38.6. The molecule has 0 aromatic heterocycles. The monoisotopic (exact) mass is 692 g/mol. The molecule has 3 rings (SSSR count). The van der Waals surface area contributed by atoms with Gasteiger partial charge in [0.2, 0.25) is 17.7 Å². The topological polar surface area (TPSA) is 215 Å². The molecule has 1 heterocycles. The Hall–Kier alpha value is -5.86. The average Bonchev–Trinajstić information content (AvgIpc) is 3.39. The Morgan fingerprint density at radius 3 is 2.04 bits per heavy atom. The first-order valence-electron chi connectivity index (χ1n) is 15.9. The van der Waals surface area contributed by atoms with Crippen LogP contribution in [-0.4, -0.2) is 76.1 Å².